The zero-order chi connectivity index (χ0) is 22.4. The van der Waals surface area contributed by atoms with Crippen molar-refractivity contribution in [2.45, 2.75) is 37.7 Å². The minimum absolute atomic E-state index is 0.110. The van der Waals surface area contributed by atoms with Crippen LogP contribution >= 0.6 is 0 Å². The first kappa shape index (κ1) is 21.7. The van der Waals surface area contributed by atoms with Crippen molar-refractivity contribution in [2.24, 2.45) is 0 Å². The van der Waals surface area contributed by atoms with Crippen LogP contribution in [-0.2, 0) is 12.4 Å². The summed E-state index contributed by atoms with van der Waals surface area (Å²) in [6, 6.07) is 3.54. The third-order valence-corrected chi connectivity index (χ3v) is 5.79. The van der Waals surface area contributed by atoms with Crippen molar-refractivity contribution in [3.8, 4) is 5.69 Å². The molecule has 5 nitrogen and oxygen atoms in total. The second kappa shape index (κ2) is 7.85. The fourth-order valence-corrected chi connectivity index (χ4v) is 4.29. The highest BCUT2D eigenvalue weighted by Gasteiger charge is 2.43. The Morgan fingerprint density at radius 3 is 2.35 bits per heavy atom. The van der Waals surface area contributed by atoms with Crippen molar-refractivity contribution >= 4 is 5.91 Å². The molecule has 0 unspecified atom stereocenters. The lowest BCUT2D eigenvalue weighted by Crippen LogP contribution is -2.37. The van der Waals surface area contributed by atoms with Gasteiger partial charge in [-0.15, -0.1) is 0 Å². The molecule has 2 saturated heterocycles. The van der Waals surface area contributed by atoms with Crippen LogP contribution in [0.4, 0.5) is 26.3 Å². The van der Waals surface area contributed by atoms with Gasteiger partial charge in [-0.3, -0.25) is 9.69 Å². The summed E-state index contributed by atoms with van der Waals surface area (Å²) in [6.45, 7) is 2.47. The van der Waals surface area contributed by atoms with Gasteiger partial charge in [0, 0.05) is 19.1 Å². The van der Waals surface area contributed by atoms with E-state index in [-0.39, 0.29) is 6.04 Å². The molecule has 4 rings (SSSR count). The maximum absolute atomic E-state index is 13.9. The number of aromatic nitrogens is 2. The number of carbonyl (C=O) groups excluding carboxylic acids is 1. The largest absolute Gasteiger partial charge is 0.434 e. The number of likely N-dealkylation sites (tertiary alicyclic amines) is 2. The monoisotopic (exact) mass is 446 g/mol. The summed E-state index contributed by atoms with van der Waals surface area (Å²) >= 11 is 0. The van der Waals surface area contributed by atoms with Gasteiger partial charge in [-0.2, -0.15) is 31.4 Å². The first-order chi connectivity index (χ1) is 14.6. The summed E-state index contributed by atoms with van der Waals surface area (Å²) in [5, 5.41) is 3.64. The lowest BCUT2D eigenvalue weighted by Gasteiger charge is -2.23. The molecule has 0 aliphatic carbocycles. The minimum Gasteiger partial charge on any atom is -0.337 e. The van der Waals surface area contributed by atoms with Crippen LogP contribution in [0.25, 0.3) is 5.69 Å². The standard InChI is InChI=1S/C20H20F6N4O/c21-19(22,23)13-4-3-5-14(10-13)30-17(20(24,25)26)16(11-27-30)18(31)29-9-6-15(12-29)28-7-1-2-8-28/h3-5,10-11,15H,1-2,6-9,12H2/t15-/m1/s1. The molecular weight excluding hydrogens is 426 g/mol. The smallest absolute Gasteiger partial charge is 0.337 e. The highest BCUT2D eigenvalue weighted by Crippen LogP contribution is 2.36. The minimum atomic E-state index is -4.98. The average Bonchev–Trinajstić information content (AvgIpc) is 3.46. The molecule has 2 fully saturated rings. The fourth-order valence-electron chi connectivity index (χ4n) is 4.29. The third-order valence-electron chi connectivity index (χ3n) is 5.79. The molecule has 0 bridgehead atoms. The van der Waals surface area contributed by atoms with Crippen LogP contribution in [0.5, 0.6) is 0 Å². The summed E-state index contributed by atoms with van der Waals surface area (Å²) in [5.74, 6) is -0.813. The first-order valence-electron chi connectivity index (χ1n) is 9.92. The second-order valence-corrected chi connectivity index (χ2v) is 7.80. The van der Waals surface area contributed by atoms with Gasteiger partial charge in [0.05, 0.1) is 23.0 Å². The van der Waals surface area contributed by atoms with E-state index >= 15 is 0 Å². The number of amides is 1. The molecule has 0 radical (unpaired) electrons. The molecule has 0 spiro atoms. The zero-order valence-corrected chi connectivity index (χ0v) is 16.4. The van der Waals surface area contributed by atoms with E-state index in [0.717, 1.165) is 50.3 Å². The molecule has 2 aliphatic heterocycles. The lowest BCUT2D eigenvalue weighted by atomic mass is 10.1. The molecule has 1 aromatic heterocycles. The van der Waals surface area contributed by atoms with Gasteiger partial charge in [0.25, 0.3) is 5.91 Å². The molecule has 11 heteroatoms. The van der Waals surface area contributed by atoms with Crippen molar-refractivity contribution < 1.29 is 31.1 Å². The van der Waals surface area contributed by atoms with Gasteiger partial charge < -0.3 is 4.90 Å². The number of nitrogens with zero attached hydrogens (tertiary/aromatic N) is 4. The highest BCUT2D eigenvalue weighted by molar-refractivity contribution is 5.95. The Kier molecular flexibility index (Phi) is 5.48. The molecule has 31 heavy (non-hydrogen) atoms. The van der Waals surface area contributed by atoms with E-state index in [1.807, 2.05) is 0 Å². The predicted molar refractivity (Wildman–Crippen MR) is 98.7 cm³/mol. The van der Waals surface area contributed by atoms with Crippen molar-refractivity contribution in [3.05, 3.63) is 47.3 Å². The van der Waals surface area contributed by atoms with Gasteiger partial charge in [-0.05, 0) is 50.6 Å². The van der Waals surface area contributed by atoms with Gasteiger partial charge in [0.15, 0.2) is 5.69 Å². The van der Waals surface area contributed by atoms with Gasteiger partial charge in [0.1, 0.15) is 0 Å². The van der Waals surface area contributed by atoms with Crippen LogP contribution in [0.3, 0.4) is 0 Å². The molecular formula is C20H20F6N4O. The number of alkyl halides is 6. The third kappa shape index (κ3) is 4.28. The maximum atomic E-state index is 13.9. The Balaban J connectivity index is 1.65. The Morgan fingerprint density at radius 2 is 1.71 bits per heavy atom. The number of carbonyl (C=O) groups is 1. The molecule has 1 aromatic carbocycles. The van der Waals surface area contributed by atoms with E-state index < -0.39 is 40.8 Å². The molecule has 2 aliphatic rings. The van der Waals surface area contributed by atoms with Crippen molar-refractivity contribution in [2.75, 3.05) is 26.2 Å². The van der Waals surface area contributed by atoms with Crippen LogP contribution in [0.1, 0.15) is 40.9 Å². The normalized spacial score (nSPS) is 20.6. The van der Waals surface area contributed by atoms with Crippen molar-refractivity contribution in [1.82, 2.24) is 19.6 Å². The summed E-state index contributed by atoms with van der Waals surface area (Å²) < 4.78 is 81.0. The Bertz CT molecular complexity index is 961. The molecule has 1 amide bonds. The number of hydrogen-bond acceptors (Lipinski definition) is 3. The maximum Gasteiger partial charge on any atom is 0.434 e. The quantitative estimate of drug-likeness (QED) is 0.663. The second-order valence-electron chi connectivity index (χ2n) is 7.80. The van der Waals surface area contributed by atoms with E-state index in [1.165, 1.54) is 4.90 Å². The molecule has 168 valence electrons. The Morgan fingerprint density at radius 1 is 1.00 bits per heavy atom. The van der Waals surface area contributed by atoms with E-state index in [4.69, 9.17) is 0 Å². The molecule has 3 heterocycles. The molecule has 1 atom stereocenters. The van der Waals surface area contributed by atoms with E-state index in [1.54, 1.807) is 0 Å². The number of hydrogen-bond donors (Lipinski definition) is 0. The fraction of sp³-hybridized carbons (Fsp3) is 0.500. The van der Waals surface area contributed by atoms with Crippen LogP contribution in [0, 0.1) is 0 Å². The van der Waals surface area contributed by atoms with E-state index in [2.05, 4.69) is 10.00 Å². The summed E-state index contributed by atoms with van der Waals surface area (Å²) in [7, 11) is 0. The predicted octanol–water partition coefficient (Wildman–Crippen LogP) is 4.22. The number of rotatable bonds is 3. The van der Waals surface area contributed by atoms with Crippen molar-refractivity contribution in [3.63, 3.8) is 0 Å². The van der Waals surface area contributed by atoms with E-state index in [9.17, 15) is 31.1 Å². The van der Waals surface area contributed by atoms with Crippen LogP contribution in [-0.4, -0.2) is 57.7 Å². The van der Waals surface area contributed by atoms with Crippen molar-refractivity contribution in [1.29, 1.82) is 0 Å². The van der Waals surface area contributed by atoms with Gasteiger partial charge in [-0.1, -0.05) is 6.07 Å². The van der Waals surface area contributed by atoms with Crippen LogP contribution < -0.4 is 0 Å². The Labute approximate surface area is 174 Å². The van der Waals surface area contributed by atoms with Gasteiger partial charge in [0.2, 0.25) is 0 Å². The summed E-state index contributed by atoms with van der Waals surface area (Å²) in [5.41, 5.74) is -3.56. The van der Waals surface area contributed by atoms with Gasteiger partial charge in [-0.25, -0.2) is 4.68 Å². The number of halogens is 6. The summed E-state index contributed by atoms with van der Waals surface area (Å²) in [6.07, 6.45) is -6.12. The molecule has 2 aromatic rings. The van der Waals surface area contributed by atoms with Gasteiger partial charge >= 0.3 is 12.4 Å². The summed E-state index contributed by atoms with van der Waals surface area (Å²) in [4.78, 5) is 16.5. The number of benzene rings is 1. The van der Waals surface area contributed by atoms with E-state index in [0.29, 0.717) is 30.3 Å². The first-order valence-corrected chi connectivity index (χ1v) is 9.92. The Hall–Kier alpha value is -2.56. The average molecular weight is 446 g/mol. The van der Waals surface area contributed by atoms with Crippen LogP contribution in [0.15, 0.2) is 30.5 Å². The highest BCUT2D eigenvalue weighted by atomic mass is 19.4. The lowest BCUT2D eigenvalue weighted by molar-refractivity contribution is -0.143. The molecule has 0 N–H and O–H groups in total. The molecule has 0 saturated carbocycles. The zero-order valence-electron chi connectivity index (χ0n) is 16.4. The topological polar surface area (TPSA) is 41.4 Å². The SMILES string of the molecule is O=C(c1cnn(-c2cccc(C(F)(F)F)c2)c1C(F)(F)F)N1CC[C@@H](N2CCCC2)C1. The van der Waals surface area contributed by atoms with Crippen LogP contribution in [0.2, 0.25) is 0 Å².